The number of rotatable bonds is 8. The van der Waals surface area contributed by atoms with Crippen molar-refractivity contribution in [3.63, 3.8) is 0 Å². The van der Waals surface area contributed by atoms with E-state index in [1.807, 2.05) is 6.07 Å². The molecule has 0 aliphatic rings. The molecular formula is C13H21NO4. The molecule has 5 nitrogen and oxygen atoms in total. The third-order valence-electron chi connectivity index (χ3n) is 2.59. The van der Waals surface area contributed by atoms with E-state index < -0.39 is 6.10 Å². The highest BCUT2D eigenvalue weighted by molar-refractivity contribution is 5.41. The summed E-state index contributed by atoms with van der Waals surface area (Å²) in [6, 6.07) is 5.28. The first-order chi connectivity index (χ1) is 8.67. The number of phenols is 1. The minimum absolute atomic E-state index is 0.135. The van der Waals surface area contributed by atoms with E-state index in [-0.39, 0.29) is 5.75 Å². The molecule has 0 radical (unpaired) electrons. The monoisotopic (exact) mass is 255 g/mol. The van der Waals surface area contributed by atoms with Crippen molar-refractivity contribution in [2.24, 2.45) is 0 Å². The van der Waals surface area contributed by atoms with Crippen molar-refractivity contribution in [3.05, 3.63) is 23.8 Å². The number of benzene rings is 1. The second-order valence-corrected chi connectivity index (χ2v) is 4.08. The summed E-state index contributed by atoms with van der Waals surface area (Å²) in [4.78, 5) is 0. The maximum absolute atomic E-state index is 9.60. The van der Waals surface area contributed by atoms with Crippen LogP contribution in [0.2, 0.25) is 0 Å². The Labute approximate surface area is 107 Å². The van der Waals surface area contributed by atoms with E-state index >= 15 is 0 Å². The number of ether oxygens (including phenoxy) is 2. The molecule has 18 heavy (non-hydrogen) atoms. The van der Waals surface area contributed by atoms with Crippen LogP contribution in [0.15, 0.2) is 18.2 Å². The number of aliphatic hydroxyl groups excluding tert-OH is 1. The maximum Gasteiger partial charge on any atom is 0.160 e. The average Bonchev–Trinajstić information content (AvgIpc) is 2.35. The molecule has 0 saturated carbocycles. The van der Waals surface area contributed by atoms with E-state index in [4.69, 9.17) is 9.47 Å². The van der Waals surface area contributed by atoms with Crippen molar-refractivity contribution < 1.29 is 19.7 Å². The predicted octanol–water partition coefficient (Wildman–Crippen LogP) is 0.888. The fraction of sp³-hybridized carbons (Fsp3) is 0.538. The van der Waals surface area contributed by atoms with Gasteiger partial charge in [-0.15, -0.1) is 0 Å². The minimum atomic E-state index is -0.438. The number of hydrogen-bond acceptors (Lipinski definition) is 5. The van der Waals surface area contributed by atoms with Gasteiger partial charge in [-0.05, 0) is 30.7 Å². The largest absolute Gasteiger partial charge is 0.504 e. The Morgan fingerprint density at radius 1 is 1.33 bits per heavy atom. The normalized spacial score (nSPS) is 12.4. The van der Waals surface area contributed by atoms with Gasteiger partial charge in [-0.2, -0.15) is 0 Å². The summed E-state index contributed by atoms with van der Waals surface area (Å²) >= 11 is 0. The van der Waals surface area contributed by atoms with Crippen LogP contribution in [0, 0.1) is 0 Å². The summed E-state index contributed by atoms with van der Waals surface area (Å²) < 4.78 is 9.80. The van der Waals surface area contributed by atoms with Crippen molar-refractivity contribution >= 4 is 0 Å². The molecule has 1 unspecified atom stereocenters. The molecule has 5 heteroatoms. The second kappa shape index (κ2) is 7.92. The van der Waals surface area contributed by atoms with Gasteiger partial charge >= 0.3 is 0 Å². The zero-order valence-electron chi connectivity index (χ0n) is 10.8. The Balaban J connectivity index is 2.29. The van der Waals surface area contributed by atoms with Crippen LogP contribution in [0.3, 0.4) is 0 Å². The van der Waals surface area contributed by atoms with Crippen molar-refractivity contribution in [1.82, 2.24) is 5.32 Å². The minimum Gasteiger partial charge on any atom is -0.504 e. The molecule has 0 aliphatic heterocycles. The molecule has 0 bridgehead atoms. The van der Waals surface area contributed by atoms with Gasteiger partial charge in [-0.25, -0.2) is 0 Å². The average molecular weight is 255 g/mol. The molecule has 3 N–H and O–H groups in total. The lowest BCUT2D eigenvalue weighted by atomic mass is 10.2. The zero-order chi connectivity index (χ0) is 13.4. The van der Waals surface area contributed by atoms with Gasteiger partial charge in [-0.1, -0.05) is 6.07 Å². The molecule has 102 valence electrons. The van der Waals surface area contributed by atoms with E-state index in [1.165, 1.54) is 7.11 Å². The lowest BCUT2D eigenvalue weighted by Gasteiger charge is -2.10. The molecular weight excluding hydrogens is 234 g/mol. The second-order valence-electron chi connectivity index (χ2n) is 4.08. The lowest BCUT2D eigenvalue weighted by Crippen LogP contribution is -2.22. The van der Waals surface area contributed by atoms with Crippen LogP contribution >= 0.6 is 0 Å². The molecule has 0 spiro atoms. The van der Waals surface area contributed by atoms with Crippen LogP contribution < -0.4 is 10.1 Å². The van der Waals surface area contributed by atoms with Gasteiger partial charge in [-0.3, -0.25) is 0 Å². The fourth-order valence-corrected chi connectivity index (χ4v) is 1.62. The highest BCUT2D eigenvalue weighted by atomic mass is 16.5. The molecule has 0 heterocycles. The van der Waals surface area contributed by atoms with Crippen LogP contribution in [0.5, 0.6) is 11.5 Å². The number of aromatic hydroxyl groups is 1. The molecule has 1 atom stereocenters. The fourth-order valence-electron chi connectivity index (χ4n) is 1.62. The van der Waals surface area contributed by atoms with Gasteiger partial charge in [0.05, 0.1) is 19.8 Å². The molecule has 1 aromatic rings. The summed E-state index contributed by atoms with van der Waals surface area (Å²) in [6.45, 7) is 1.68. The van der Waals surface area contributed by atoms with Gasteiger partial charge in [0, 0.05) is 13.7 Å². The van der Waals surface area contributed by atoms with Crippen LogP contribution in [0.4, 0.5) is 0 Å². The molecule has 0 fully saturated rings. The molecule has 0 aliphatic carbocycles. The molecule has 0 saturated heterocycles. The maximum atomic E-state index is 9.60. The van der Waals surface area contributed by atoms with Gasteiger partial charge in [0.1, 0.15) is 0 Å². The van der Waals surface area contributed by atoms with E-state index in [2.05, 4.69) is 5.32 Å². The number of hydrogen-bond donors (Lipinski definition) is 3. The third-order valence-corrected chi connectivity index (χ3v) is 2.59. The quantitative estimate of drug-likeness (QED) is 0.602. The predicted molar refractivity (Wildman–Crippen MR) is 68.9 cm³/mol. The summed E-state index contributed by atoms with van der Waals surface area (Å²) in [6.07, 6.45) is 0.197. The summed E-state index contributed by atoms with van der Waals surface area (Å²) in [5.41, 5.74) is 0.967. The Hall–Kier alpha value is -1.30. The van der Waals surface area contributed by atoms with Crippen molar-refractivity contribution in [3.8, 4) is 11.5 Å². The summed E-state index contributed by atoms with van der Waals surface area (Å²) in [7, 11) is 3.08. The van der Waals surface area contributed by atoms with E-state index in [0.717, 1.165) is 5.56 Å². The van der Waals surface area contributed by atoms with Crippen molar-refractivity contribution in [2.75, 3.05) is 27.4 Å². The highest BCUT2D eigenvalue weighted by Crippen LogP contribution is 2.25. The van der Waals surface area contributed by atoms with Gasteiger partial charge < -0.3 is 25.0 Å². The Kier molecular flexibility index (Phi) is 6.49. The Morgan fingerprint density at radius 3 is 2.72 bits per heavy atom. The Bertz CT molecular complexity index is 357. The molecule has 0 aromatic heterocycles. The number of methoxy groups -OCH3 is 2. The van der Waals surface area contributed by atoms with Crippen molar-refractivity contribution in [2.45, 2.75) is 19.1 Å². The third kappa shape index (κ3) is 4.91. The van der Waals surface area contributed by atoms with Gasteiger partial charge in [0.25, 0.3) is 0 Å². The highest BCUT2D eigenvalue weighted by Gasteiger charge is 2.04. The summed E-state index contributed by atoms with van der Waals surface area (Å²) in [5, 5.41) is 22.2. The molecule has 1 rings (SSSR count). The van der Waals surface area contributed by atoms with Crippen LogP contribution in [0.1, 0.15) is 12.0 Å². The Morgan fingerprint density at radius 2 is 2.11 bits per heavy atom. The first kappa shape index (κ1) is 14.8. The SMILES string of the molecule is COCC(O)CCNCc1ccc(OC)c(O)c1. The number of phenolic OH excluding ortho intramolecular Hbond substituents is 1. The topological polar surface area (TPSA) is 71.0 Å². The standard InChI is InChI=1S/C13H21NO4/c1-17-9-11(15)5-6-14-8-10-3-4-13(18-2)12(16)7-10/h3-4,7,11,14-16H,5-6,8-9H2,1-2H3. The van der Waals surface area contributed by atoms with Crippen LogP contribution in [-0.4, -0.2) is 43.7 Å². The molecule has 1 aromatic carbocycles. The zero-order valence-corrected chi connectivity index (χ0v) is 10.8. The van der Waals surface area contributed by atoms with E-state index in [1.54, 1.807) is 19.2 Å². The number of nitrogens with one attached hydrogen (secondary N) is 1. The van der Waals surface area contributed by atoms with E-state index in [9.17, 15) is 10.2 Å². The van der Waals surface area contributed by atoms with E-state index in [0.29, 0.717) is 31.9 Å². The lowest BCUT2D eigenvalue weighted by molar-refractivity contribution is 0.0594. The first-order valence-corrected chi connectivity index (χ1v) is 5.91. The van der Waals surface area contributed by atoms with Gasteiger partial charge in [0.15, 0.2) is 11.5 Å². The molecule has 0 amide bonds. The van der Waals surface area contributed by atoms with Crippen LogP contribution in [0.25, 0.3) is 0 Å². The van der Waals surface area contributed by atoms with Gasteiger partial charge in [0.2, 0.25) is 0 Å². The first-order valence-electron chi connectivity index (χ1n) is 5.91. The number of aliphatic hydroxyl groups is 1. The summed E-state index contributed by atoms with van der Waals surface area (Å²) in [5.74, 6) is 0.602. The van der Waals surface area contributed by atoms with Crippen molar-refractivity contribution in [1.29, 1.82) is 0 Å². The van der Waals surface area contributed by atoms with Crippen LogP contribution in [-0.2, 0) is 11.3 Å². The smallest absolute Gasteiger partial charge is 0.160 e.